The molecule has 2 saturated heterocycles. The predicted octanol–water partition coefficient (Wildman–Crippen LogP) is 6.65. The van der Waals surface area contributed by atoms with Crippen molar-refractivity contribution in [3.8, 4) is 11.6 Å². The van der Waals surface area contributed by atoms with Crippen molar-refractivity contribution < 1.29 is 63.9 Å². The summed E-state index contributed by atoms with van der Waals surface area (Å²) in [5.74, 6) is -3.72. The molecule has 2 aromatic rings. The summed E-state index contributed by atoms with van der Waals surface area (Å²) in [6.45, 7) is 9.67. The molecule has 3 heterocycles. The summed E-state index contributed by atoms with van der Waals surface area (Å²) >= 11 is 6.51. The van der Waals surface area contributed by atoms with E-state index < -0.39 is 93.5 Å². The third-order valence-corrected chi connectivity index (χ3v) is 13.0. The summed E-state index contributed by atoms with van der Waals surface area (Å²) < 4.78 is 95.7. The molecule has 2 aliphatic heterocycles. The number of nitrogens with zero attached hydrogens (tertiary/aromatic N) is 2. The number of carbonyl (C=O) groups is 4. The third-order valence-electron chi connectivity index (χ3n) is 11.7. The molecule has 1 N–H and O–H groups in total. The van der Waals surface area contributed by atoms with E-state index in [0.717, 1.165) is 0 Å². The Hall–Kier alpha value is -3.74. The number of amides is 2. The highest BCUT2D eigenvalue weighted by atomic mass is 35.5. The van der Waals surface area contributed by atoms with Crippen LogP contribution in [0.2, 0.25) is 5.02 Å². The number of esters is 1. The van der Waals surface area contributed by atoms with Crippen LogP contribution in [0.15, 0.2) is 24.3 Å². The second kappa shape index (κ2) is 17.6. The number of likely N-dealkylation sites (tertiary alicyclic amines) is 1. The maximum atomic E-state index is 14.9. The van der Waals surface area contributed by atoms with Crippen LogP contribution >= 0.6 is 11.6 Å². The van der Waals surface area contributed by atoms with Crippen molar-refractivity contribution in [2.24, 2.45) is 23.2 Å². The van der Waals surface area contributed by atoms with Gasteiger partial charge < -0.3 is 23.8 Å². The van der Waals surface area contributed by atoms with E-state index in [1.807, 2.05) is 4.72 Å². The Morgan fingerprint density at radius 2 is 1.80 bits per heavy atom. The maximum absolute atomic E-state index is 14.9. The Kier molecular flexibility index (Phi) is 13.4. The Morgan fingerprint density at radius 3 is 2.40 bits per heavy atom. The van der Waals surface area contributed by atoms with Crippen molar-refractivity contribution in [1.29, 1.82) is 0 Å². The lowest BCUT2D eigenvalue weighted by molar-refractivity contribution is -0.160. The van der Waals surface area contributed by atoms with Gasteiger partial charge in [-0.2, -0.15) is 21.6 Å². The Labute approximate surface area is 352 Å². The van der Waals surface area contributed by atoms with Gasteiger partial charge in [-0.15, -0.1) is 0 Å². The SMILES string of the molecule is CCOc1cc(O[C@@H]2C[C@@H](C(=O)C[C@]3(C(=O)NS(=O)(=O)OC4(CC(F)(F)F)CC4)C[C@H]3CC)N(C(=O)[C@@H](CC(=O)OC(C)(C)C)C3CCOCC3)C2)c2cccc(Cl)c2n1. The van der Waals surface area contributed by atoms with E-state index in [-0.39, 0.29) is 50.4 Å². The fourth-order valence-corrected chi connectivity index (χ4v) is 10.0. The van der Waals surface area contributed by atoms with Crippen LogP contribution in [0, 0.1) is 23.2 Å². The molecule has 4 aliphatic rings. The molecule has 14 nitrogen and oxygen atoms in total. The Morgan fingerprint density at radius 1 is 1.10 bits per heavy atom. The number of hydrogen-bond acceptors (Lipinski definition) is 12. The number of ketones is 1. The third kappa shape index (κ3) is 11.0. The van der Waals surface area contributed by atoms with E-state index in [2.05, 4.69) is 4.98 Å². The number of fused-ring (bicyclic) bond motifs is 1. The highest BCUT2D eigenvalue weighted by molar-refractivity contribution is 7.85. The zero-order valence-corrected chi connectivity index (χ0v) is 36.0. The molecule has 0 spiro atoms. The molecule has 0 radical (unpaired) electrons. The second-order valence-corrected chi connectivity index (χ2v) is 19.1. The maximum Gasteiger partial charge on any atom is 0.391 e. The largest absolute Gasteiger partial charge is 0.488 e. The number of pyridine rings is 1. The molecule has 2 aliphatic carbocycles. The number of benzene rings is 1. The molecule has 0 bridgehead atoms. The number of carbonyl (C=O) groups excluding carboxylic acids is 4. The van der Waals surface area contributed by atoms with Crippen LogP contribution in [0.4, 0.5) is 13.2 Å². The molecule has 1 aromatic heterocycles. The van der Waals surface area contributed by atoms with Crippen LogP contribution in [0.3, 0.4) is 0 Å². The lowest BCUT2D eigenvalue weighted by Crippen LogP contribution is -2.48. The van der Waals surface area contributed by atoms with E-state index in [1.165, 1.54) is 4.90 Å². The quantitative estimate of drug-likeness (QED) is 0.168. The average molecular weight is 888 g/mol. The van der Waals surface area contributed by atoms with Crippen molar-refractivity contribution in [3.63, 3.8) is 0 Å². The molecular weight excluding hydrogens is 835 g/mol. The standard InChI is InChI=1S/C41H53ClF3N3O11S/c1-6-25-20-40(25,37(52)47-60(53,54)59-39(13-14-39)23-41(43,44)45)21-31(49)30-17-26(57-32-19-33(56-7-2)46-35-27(32)9-8-10-29(35)42)22-48(30)36(51)28(24-11-15-55-16-12-24)18-34(50)58-38(3,4)5/h8-10,19,24-26,28,30H,6-7,11-18,20-23H2,1-5H3,(H,47,52)/t25-,26-,28+,30+,40-/m1/s1. The van der Waals surface area contributed by atoms with Gasteiger partial charge in [-0.3, -0.25) is 19.2 Å². The zero-order valence-electron chi connectivity index (χ0n) is 34.4. The first kappa shape index (κ1) is 45.8. The van der Waals surface area contributed by atoms with E-state index in [1.54, 1.807) is 58.9 Å². The molecular formula is C41H53ClF3N3O11S. The summed E-state index contributed by atoms with van der Waals surface area (Å²) in [6, 6.07) is 5.58. The van der Waals surface area contributed by atoms with E-state index in [9.17, 15) is 40.8 Å². The average Bonchev–Trinajstić information content (AvgIpc) is 4.02. The minimum Gasteiger partial charge on any atom is -0.488 e. The summed E-state index contributed by atoms with van der Waals surface area (Å²) in [5, 5.41) is 0.893. The summed E-state index contributed by atoms with van der Waals surface area (Å²) in [5.41, 5.74) is -3.94. The number of aromatic nitrogens is 1. The number of para-hydroxylation sites is 1. The summed E-state index contributed by atoms with van der Waals surface area (Å²) in [4.78, 5) is 62.6. The zero-order chi connectivity index (χ0) is 43.8. The minimum absolute atomic E-state index is 0.0261. The minimum atomic E-state index is -5.00. The number of halogens is 4. The van der Waals surface area contributed by atoms with Gasteiger partial charge in [0.25, 0.3) is 0 Å². The Balaban J connectivity index is 1.30. The lowest BCUT2D eigenvalue weighted by Gasteiger charge is -2.34. The molecule has 6 rings (SSSR count). The molecule has 0 unspecified atom stereocenters. The van der Waals surface area contributed by atoms with E-state index in [4.69, 9.17) is 34.7 Å². The normalized spacial score (nSPS) is 24.8. The molecule has 2 saturated carbocycles. The van der Waals surface area contributed by atoms with Gasteiger partial charge in [-0.25, -0.2) is 13.9 Å². The number of rotatable bonds is 17. The van der Waals surface area contributed by atoms with Crippen LogP contribution in [-0.2, 0) is 43.1 Å². The molecule has 19 heteroatoms. The fourth-order valence-electron chi connectivity index (χ4n) is 8.62. The molecule has 5 atom stereocenters. The van der Waals surface area contributed by atoms with Crippen LogP contribution in [0.5, 0.6) is 11.6 Å². The van der Waals surface area contributed by atoms with E-state index >= 15 is 0 Å². The lowest BCUT2D eigenvalue weighted by atomic mass is 9.82. The van der Waals surface area contributed by atoms with Gasteiger partial charge in [0.05, 0.1) is 59.5 Å². The van der Waals surface area contributed by atoms with Crippen molar-refractivity contribution in [3.05, 3.63) is 29.3 Å². The first-order valence-electron chi connectivity index (χ1n) is 20.4. The van der Waals surface area contributed by atoms with Crippen LogP contribution in [0.25, 0.3) is 10.9 Å². The number of nitrogens with one attached hydrogen (secondary N) is 1. The van der Waals surface area contributed by atoms with Crippen LogP contribution < -0.4 is 14.2 Å². The van der Waals surface area contributed by atoms with Gasteiger partial charge >= 0.3 is 22.4 Å². The van der Waals surface area contributed by atoms with Crippen molar-refractivity contribution in [2.45, 2.75) is 128 Å². The van der Waals surface area contributed by atoms with Gasteiger partial charge in [0.15, 0.2) is 5.78 Å². The first-order chi connectivity index (χ1) is 28.1. The monoisotopic (exact) mass is 887 g/mol. The molecule has 332 valence electrons. The van der Waals surface area contributed by atoms with Gasteiger partial charge in [0.2, 0.25) is 17.7 Å². The van der Waals surface area contributed by atoms with Crippen molar-refractivity contribution >= 4 is 56.4 Å². The molecule has 1 aromatic carbocycles. The smallest absolute Gasteiger partial charge is 0.391 e. The highest BCUT2D eigenvalue weighted by Gasteiger charge is 2.62. The summed E-state index contributed by atoms with van der Waals surface area (Å²) in [6.07, 6.45) is -6.57. The summed E-state index contributed by atoms with van der Waals surface area (Å²) in [7, 11) is -5.00. The molecule has 4 fully saturated rings. The first-order valence-corrected chi connectivity index (χ1v) is 22.2. The van der Waals surface area contributed by atoms with Gasteiger partial charge in [0.1, 0.15) is 17.5 Å². The number of hydrogen-bond donors (Lipinski definition) is 1. The fraction of sp³-hybridized carbons (Fsp3) is 0.683. The Bertz CT molecular complexity index is 2070. The highest BCUT2D eigenvalue weighted by Crippen LogP contribution is 2.58. The van der Waals surface area contributed by atoms with Crippen LogP contribution in [-0.4, -0.2) is 97.8 Å². The second-order valence-electron chi connectivity index (χ2n) is 17.4. The number of Topliss-reactive ketones (excluding diaryl/α,β-unsaturated/α-hetero) is 1. The van der Waals surface area contributed by atoms with Gasteiger partial charge in [0, 0.05) is 37.5 Å². The van der Waals surface area contributed by atoms with Crippen molar-refractivity contribution in [2.75, 3.05) is 26.4 Å². The van der Waals surface area contributed by atoms with Crippen molar-refractivity contribution in [1.82, 2.24) is 14.6 Å². The predicted molar refractivity (Wildman–Crippen MR) is 211 cm³/mol. The topological polar surface area (TPSA) is 177 Å². The van der Waals surface area contributed by atoms with Gasteiger partial charge in [-0.1, -0.05) is 31.0 Å². The molecule has 60 heavy (non-hydrogen) atoms. The van der Waals surface area contributed by atoms with Gasteiger partial charge in [-0.05, 0) is 83.8 Å². The number of alkyl halides is 3. The number of ether oxygens (including phenoxy) is 4. The van der Waals surface area contributed by atoms with E-state index in [0.29, 0.717) is 60.8 Å². The molecule has 2 amide bonds. The van der Waals surface area contributed by atoms with Crippen LogP contribution in [0.1, 0.15) is 98.8 Å².